The van der Waals surface area contributed by atoms with Crippen LogP contribution >= 0.6 is 0 Å². The second kappa shape index (κ2) is 5.55. The fraction of sp³-hybridized carbons (Fsp3) is 0.923. The standard InChI is InChI=1S/C13H24N2O3/c1-4-5-11-14-13(6-7-13)12(16)15(11)8-10(18-3)9-17-2/h10-11,14H,4-9H2,1-3H3. The van der Waals surface area contributed by atoms with Gasteiger partial charge in [-0.25, -0.2) is 0 Å². The zero-order valence-corrected chi connectivity index (χ0v) is 11.6. The van der Waals surface area contributed by atoms with Gasteiger partial charge in [0.1, 0.15) is 0 Å². The van der Waals surface area contributed by atoms with Gasteiger partial charge in [0.25, 0.3) is 0 Å². The number of ether oxygens (including phenoxy) is 2. The normalized spacial score (nSPS) is 26.9. The van der Waals surface area contributed by atoms with Gasteiger partial charge in [-0.2, -0.15) is 0 Å². The van der Waals surface area contributed by atoms with Crippen LogP contribution in [-0.4, -0.2) is 56.0 Å². The minimum absolute atomic E-state index is 0.0472. The van der Waals surface area contributed by atoms with Crippen molar-refractivity contribution in [3.8, 4) is 0 Å². The maximum Gasteiger partial charge on any atom is 0.244 e. The molecule has 5 nitrogen and oxygen atoms in total. The molecule has 2 fully saturated rings. The van der Waals surface area contributed by atoms with Gasteiger partial charge in [0.15, 0.2) is 0 Å². The molecule has 1 heterocycles. The summed E-state index contributed by atoms with van der Waals surface area (Å²) < 4.78 is 10.5. The number of hydrogen-bond acceptors (Lipinski definition) is 4. The maximum absolute atomic E-state index is 12.4. The number of amides is 1. The Balaban J connectivity index is 2.00. The van der Waals surface area contributed by atoms with Gasteiger partial charge >= 0.3 is 0 Å². The van der Waals surface area contributed by atoms with E-state index in [0.29, 0.717) is 13.2 Å². The Labute approximate surface area is 109 Å². The van der Waals surface area contributed by atoms with E-state index >= 15 is 0 Å². The van der Waals surface area contributed by atoms with Gasteiger partial charge in [-0.1, -0.05) is 13.3 Å². The van der Waals surface area contributed by atoms with Crippen molar-refractivity contribution >= 4 is 5.91 Å². The van der Waals surface area contributed by atoms with Gasteiger partial charge in [-0.05, 0) is 19.3 Å². The van der Waals surface area contributed by atoms with E-state index < -0.39 is 0 Å². The van der Waals surface area contributed by atoms with Crippen LogP contribution in [-0.2, 0) is 14.3 Å². The summed E-state index contributed by atoms with van der Waals surface area (Å²) in [5.41, 5.74) is -0.231. The lowest BCUT2D eigenvalue weighted by Crippen LogP contribution is -2.43. The first-order chi connectivity index (χ1) is 8.66. The van der Waals surface area contributed by atoms with Crippen LogP contribution in [0.2, 0.25) is 0 Å². The third-order valence-corrected chi connectivity index (χ3v) is 3.89. The molecule has 0 aromatic carbocycles. The number of hydrogen-bond donors (Lipinski definition) is 1. The number of methoxy groups -OCH3 is 2. The second-order valence-electron chi connectivity index (χ2n) is 5.30. The van der Waals surface area contributed by atoms with Gasteiger partial charge in [-0.3, -0.25) is 10.1 Å². The van der Waals surface area contributed by atoms with Crippen molar-refractivity contribution in [2.24, 2.45) is 0 Å². The van der Waals surface area contributed by atoms with E-state index in [1.54, 1.807) is 14.2 Å². The minimum Gasteiger partial charge on any atom is -0.382 e. The van der Waals surface area contributed by atoms with Crippen LogP contribution in [0.3, 0.4) is 0 Å². The van der Waals surface area contributed by atoms with Crippen molar-refractivity contribution in [3.05, 3.63) is 0 Å². The molecular formula is C13H24N2O3. The van der Waals surface area contributed by atoms with Gasteiger partial charge in [-0.15, -0.1) is 0 Å². The molecule has 1 aliphatic heterocycles. The molecule has 18 heavy (non-hydrogen) atoms. The van der Waals surface area contributed by atoms with E-state index in [9.17, 15) is 4.79 Å². The fourth-order valence-corrected chi connectivity index (χ4v) is 2.67. The molecule has 0 radical (unpaired) electrons. The molecule has 2 atom stereocenters. The smallest absolute Gasteiger partial charge is 0.244 e. The molecule has 1 spiro atoms. The zero-order valence-electron chi connectivity index (χ0n) is 11.6. The molecule has 5 heteroatoms. The maximum atomic E-state index is 12.4. The second-order valence-corrected chi connectivity index (χ2v) is 5.30. The molecule has 2 rings (SSSR count). The van der Waals surface area contributed by atoms with Crippen molar-refractivity contribution in [3.63, 3.8) is 0 Å². The Hall–Kier alpha value is -0.650. The molecule has 2 unspecified atom stereocenters. The summed E-state index contributed by atoms with van der Waals surface area (Å²) in [7, 11) is 3.32. The van der Waals surface area contributed by atoms with Crippen LogP contribution in [0.5, 0.6) is 0 Å². The van der Waals surface area contributed by atoms with Crippen molar-refractivity contribution in [1.82, 2.24) is 10.2 Å². The highest BCUT2D eigenvalue weighted by molar-refractivity contribution is 5.91. The number of carbonyl (C=O) groups is 1. The van der Waals surface area contributed by atoms with E-state index in [0.717, 1.165) is 25.7 Å². The third kappa shape index (κ3) is 2.53. The van der Waals surface area contributed by atoms with Crippen LogP contribution in [0.25, 0.3) is 0 Å². The third-order valence-electron chi connectivity index (χ3n) is 3.89. The van der Waals surface area contributed by atoms with Crippen molar-refractivity contribution < 1.29 is 14.3 Å². The SMILES string of the molecule is CCCC1NC2(CC2)C(=O)N1CC(COC)OC. The van der Waals surface area contributed by atoms with E-state index in [2.05, 4.69) is 12.2 Å². The number of carbonyl (C=O) groups excluding carboxylic acids is 1. The topological polar surface area (TPSA) is 50.8 Å². The van der Waals surface area contributed by atoms with Gasteiger partial charge in [0.2, 0.25) is 5.91 Å². The molecule has 0 aromatic rings. The summed E-state index contributed by atoms with van der Waals surface area (Å²) in [6, 6.07) is 0. The summed E-state index contributed by atoms with van der Waals surface area (Å²) >= 11 is 0. The zero-order chi connectivity index (χ0) is 13.2. The summed E-state index contributed by atoms with van der Waals surface area (Å²) in [6.07, 6.45) is 4.14. The minimum atomic E-state index is -0.231. The van der Waals surface area contributed by atoms with Crippen molar-refractivity contribution in [2.75, 3.05) is 27.4 Å². The highest BCUT2D eigenvalue weighted by atomic mass is 16.5. The Morgan fingerprint density at radius 2 is 2.22 bits per heavy atom. The predicted molar refractivity (Wildman–Crippen MR) is 68.2 cm³/mol. The summed E-state index contributed by atoms with van der Waals surface area (Å²) in [6.45, 7) is 3.28. The van der Waals surface area contributed by atoms with E-state index in [1.165, 1.54) is 0 Å². The molecule has 2 aliphatic rings. The Morgan fingerprint density at radius 1 is 1.50 bits per heavy atom. The van der Waals surface area contributed by atoms with Crippen LogP contribution < -0.4 is 5.32 Å². The van der Waals surface area contributed by atoms with Crippen LogP contribution in [0.1, 0.15) is 32.6 Å². The average molecular weight is 256 g/mol. The first-order valence-corrected chi connectivity index (χ1v) is 6.77. The number of nitrogens with one attached hydrogen (secondary N) is 1. The highest BCUT2D eigenvalue weighted by Crippen LogP contribution is 2.42. The van der Waals surface area contributed by atoms with Gasteiger partial charge < -0.3 is 14.4 Å². The van der Waals surface area contributed by atoms with Crippen molar-refractivity contribution in [2.45, 2.75) is 50.4 Å². The molecule has 0 bridgehead atoms. The lowest BCUT2D eigenvalue weighted by molar-refractivity contribution is -0.133. The molecule has 1 aliphatic carbocycles. The molecule has 104 valence electrons. The number of nitrogens with zero attached hydrogens (tertiary/aromatic N) is 1. The highest BCUT2D eigenvalue weighted by Gasteiger charge is 2.58. The van der Waals surface area contributed by atoms with Gasteiger partial charge in [0, 0.05) is 14.2 Å². The lowest BCUT2D eigenvalue weighted by atomic mass is 10.2. The van der Waals surface area contributed by atoms with Crippen LogP contribution in [0.4, 0.5) is 0 Å². The van der Waals surface area contributed by atoms with Crippen molar-refractivity contribution in [1.29, 1.82) is 0 Å². The predicted octanol–water partition coefficient (Wildman–Crippen LogP) is 0.738. The Morgan fingerprint density at radius 3 is 2.72 bits per heavy atom. The van der Waals surface area contributed by atoms with Crippen LogP contribution in [0.15, 0.2) is 0 Å². The van der Waals surface area contributed by atoms with E-state index in [1.807, 2.05) is 4.90 Å². The molecule has 1 N–H and O–H groups in total. The molecular weight excluding hydrogens is 232 g/mol. The summed E-state index contributed by atoms with van der Waals surface area (Å²) in [5, 5.41) is 3.49. The molecule has 1 amide bonds. The summed E-state index contributed by atoms with van der Waals surface area (Å²) in [5.74, 6) is 0.249. The first-order valence-electron chi connectivity index (χ1n) is 6.77. The first kappa shape index (κ1) is 13.8. The Bertz CT molecular complexity index is 305. The average Bonchev–Trinajstić information content (AvgIpc) is 3.09. The van der Waals surface area contributed by atoms with Gasteiger partial charge in [0.05, 0.1) is 31.0 Å². The van der Waals surface area contributed by atoms with E-state index in [4.69, 9.17) is 9.47 Å². The molecule has 1 saturated carbocycles. The lowest BCUT2D eigenvalue weighted by Gasteiger charge is -2.27. The van der Waals surface area contributed by atoms with E-state index in [-0.39, 0.29) is 23.7 Å². The Kier molecular flexibility index (Phi) is 4.25. The quantitative estimate of drug-likeness (QED) is 0.730. The molecule has 0 aromatic heterocycles. The van der Waals surface area contributed by atoms with Crippen LogP contribution in [0, 0.1) is 0 Å². The fourth-order valence-electron chi connectivity index (χ4n) is 2.67. The monoisotopic (exact) mass is 256 g/mol. The largest absolute Gasteiger partial charge is 0.382 e. The molecule has 1 saturated heterocycles. The summed E-state index contributed by atoms with van der Waals surface area (Å²) in [4.78, 5) is 14.3. The number of rotatable bonds is 7.